The van der Waals surface area contributed by atoms with Crippen molar-refractivity contribution in [2.24, 2.45) is 0 Å². The van der Waals surface area contributed by atoms with E-state index in [1.54, 1.807) is 17.0 Å². The van der Waals surface area contributed by atoms with Gasteiger partial charge in [0.15, 0.2) is 0 Å². The number of hydrogen-bond donors (Lipinski definition) is 1. The van der Waals surface area contributed by atoms with E-state index in [4.69, 9.17) is 13.0 Å². The Balaban J connectivity index is 2.01. The van der Waals surface area contributed by atoms with Crippen LogP contribution in [0, 0.1) is 0 Å². The number of likely N-dealkylation sites (N-methyl/N-ethyl adjacent to an activating group) is 1. The van der Waals surface area contributed by atoms with Crippen molar-refractivity contribution in [2.75, 3.05) is 20.6 Å². The Morgan fingerprint density at radius 3 is 3.14 bits per heavy atom. The number of H-pyrrole nitrogens is 1. The van der Waals surface area contributed by atoms with Gasteiger partial charge in [-0.2, -0.15) is 0 Å². The monoisotopic (exact) mass is 292 g/mol. The second-order valence-corrected chi connectivity index (χ2v) is 6.17. The molecule has 3 rings (SSSR count). The van der Waals surface area contributed by atoms with E-state index < -0.39 is 14.0 Å². The number of ether oxygens (including phenoxy) is 1. The fourth-order valence-electron chi connectivity index (χ4n) is 3.31. The lowest BCUT2D eigenvalue weighted by atomic mass is 9.96. The van der Waals surface area contributed by atoms with Crippen molar-refractivity contribution in [3.05, 3.63) is 29.5 Å². The summed E-state index contributed by atoms with van der Waals surface area (Å²) in [6.45, 7) is 2.66. The van der Waals surface area contributed by atoms with E-state index in [2.05, 4.69) is 18.8 Å². The van der Waals surface area contributed by atoms with Crippen molar-refractivity contribution in [3.8, 4) is 5.75 Å². The quantitative estimate of drug-likeness (QED) is 0.924. The molecule has 1 atom stereocenters. The highest BCUT2D eigenvalue weighted by molar-refractivity contribution is 5.86. The third kappa shape index (κ3) is 2.67. The highest BCUT2D eigenvalue weighted by Crippen LogP contribution is 2.33. The molecule has 3 nitrogen and oxygen atoms in total. The number of nitrogens with zero attached hydrogens (tertiary/aromatic N) is 1. The van der Waals surface area contributed by atoms with Crippen LogP contribution in [0.15, 0.2) is 18.2 Å². The van der Waals surface area contributed by atoms with Gasteiger partial charge in [0.05, 0.1) is 11.2 Å². The minimum absolute atomic E-state index is 0.0545. The Hall–Kier alpha value is -1.48. The van der Waals surface area contributed by atoms with Crippen LogP contribution in [0.25, 0.3) is 10.9 Å². The molecule has 0 bridgehead atoms. The first-order valence-electron chi connectivity index (χ1n) is 10.6. The third-order valence-electron chi connectivity index (χ3n) is 4.42. The first-order valence-corrected chi connectivity index (χ1v) is 7.56. The molecule has 114 valence electrons. The Morgan fingerprint density at radius 2 is 2.38 bits per heavy atom. The minimum atomic E-state index is -2.51. The van der Waals surface area contributed by atoms with Crippen molar-refractivity contribution in [2.45, 2.75) is 45.1 Å². The van der Waals surface area contributed by atoms with Crippen LogP contribution in [-0.2, 0) is 6.42 Å². The average molecular weight is 292 g/mol. The number of rotatable bonds is 4. The molecule has 1 aromatic carbocycles. The molecule has 1 fully saturated rings. The maximum atomic E-state index is 7.79. The summed E-state index contributed by atoms with van der Waals surface area (Å²) in [6, 6.07) is 5.15. The van der Waals surface area contributed by atoms with Crippen LogP contribution in [0.3, 0.4) is 0 Å². The molecule has 2 heterocycles. The number of likely N-dealkylation sites (tertiary alicyclic amines) is 1. The highest BCUT2D eigenvalue weighted by atomic mass is 16.5. The van der Waals surface area contributed by atoms with Crippen molar-refractivity contribution in [1.82, 2.24) is 9.88 Å². The maximum Gasteiger partial charge on any atom is 0.119 e. The van der Waals surface area contributed by atoms with Crippen molar-refractivity contribution in [1.29, 1.82) is 0 Å². The van der Waals surface area contributed by atoms with Gasteiger partial charge in [-0.15, -0.1) is 0 Å². The Kier molecular flexibility index (Phi) is 2.41. The summed E-state index contributed by atoms with van der Waals surface area (Å²) in [5.74, 6) is 0.527. The van der Waals surface area contributed by atoms with E-state index in [-0.39, 0.29) is 17.7 Å². The van der Waals surface area contributed by atoms with E-state index in [0.717, 1.165) is 35.0 Å². The van der Waals surface area contributed by atoms with Crippen LogP contribution in [0.1, 0.15) is 52.1 Å². The molecule has 1 saturated heterocycles. The number of methoxy groups -OCH3 is 1. The summed E-state index contributed by atoms with van der Waals surface area (Å²) < 4.78 is 50.4. The Labute approximate surface area is 135 Å². The summed E-state index contributed by atoms with van der Waals surface area (Å²) in [4.78, 5) is 5.04. The van der Waals surface area contributed by atoms with Gasteiger partial charge in [0.25, 0.3) is 0 Å². The third-order valence-corrected chi connectivity index (χ3v) is 4.42. The van der Waals surface area contributed by atoms with E-state index in [0.29, 0.717) is 13.0 Å². The van der Waals surface area contributed by atoms with E-state index >= 15 is 0 Å². The minimum Gasteiger partial charge on any atom is -0.497 e. The Morgan fingerprint density at radius 1 is 1.48 bits per heavy atom. The molecule has 0 unspecified atom stereocenters. The second kappa shape index (κ2) is 5.72. The zero-order valence-electron chi connectivity index (χ0n) is 18.6. The molecule has 1 N–H and O–H groups in total. The van der Waals surface area contributed by atoms with Crippen molar-refractivity contribution < 1.29 is 13.0 Å². The summed E-state index contributed by atoms with van der Waals surface area (Å²) in [5.41, 5.74) is 3.02. The highest BCUT2D eigenvalue weighted by Gasteiger charge is 2.24. The predicted octanol–water partition coefficient (Wildman–Crippen LogP) is 3.94. The largest absolute Gasteiger partial charge is 0.497 e. The first kappa shape index (κ1) is 8.84. The molecule has 3 heteroatoms. The molecule has 2 aromatic rings. The summed E-state index contributed by atoms with van der Waals surface area (Å²) in [5, 5.41) is 0.901. The smallest absolute Gasteiger partial charge is 0.119 e. The molecular weight excluding hydrogens is 260 g/mol. The van der Waals surface area contributed by atoms with Gasteiger partial charge >= 0.3 is 0 Å². The topological polar surface area (TPSA) is 28.3 Å². The van der Waals surface area contributed by atoms with Crippen LogP contribution >= 0.6 is 0 Å². The normalized spacial score (nSPS) is 25.2. The fraction of sp³-hybridized carbons (Fsp3) is 0.556. The number of aromatic nitrogens is 1. The lowest BCUT2D eigenvalue weighted by molar-refractivity contribution is 0.309. The van der Waals surface area contributed by atoms with Gasteiger partial charge in [0.2, 0.25) is 0 Å². The van der Waals surface area contributed by atoms with Gasteiger partial charge in [-0.1, -0.05) is 13.8 Å². The van der Waals surface area contributed by atoms with Crippen LogP contribution in [0.2, 0.25) is 0 Å². The van der Waals surface area contributed by atoms with E-state index in [1.807, 2.05) is 6.07 Å². The SMILES string of the molecule is [2H]C([2H])([2H])Oc1ccc2[nH]c(C(C)C)c(C[C@H]3CCCN3C([2H])([2H])[2H])c2c1. The number of hydrogen-bond acceptors (Lipinski definition) is 2. The summed E-state index contributed by atoms with van der Waals surface area (Å²) >= 11 is 0. The lowest BCUT2D eigenvalue weighted by Crippen LogP contribution is -2.27. The summed E-state index contributed by atoms with van der Waals surface area (Å²) in [7, 11) is -2.51. The number of aromatic amines is 1. The fourth-order valence-corrected chi connectivity index (χ4v) is 3.31. The molecule has 1 aromatic heterocycles. The maximum absolute atomic E-state index is 7.79. The number of benzene rings is 1. The van der Waals surface area contributed by atoms with Gasteiger partial charge in [-0.3, -0.25) is 0 Å². The van der Waals surface area contributed by atoms with Gasteiger partial charge < -0.3 is 14.6 Å². The second-order valence-electron chi connectivity index (χ2n) is 6.17. The molecular formula is C18H26N2O. The molecule has 0 aliphatic carbocycles. The standard InChI is InChI=1S/C18H26N2O/c1-12(2)18-16(10-13-6-5-9-20(13)3)15-11-14(21-4)7-8-17(15)19-18/h7-8,11-13,19H,5-6,9-10H2,1-4H3/t13-/m1/s1/i3D3,4D3. The zero-order valence-corrected chi connectivity index (χ0v) is 12.6. The van der Waals surface area contributed by atoms with Crippen LogP contribution in [-0.4, -0.2) is 36.5 Å². The number of fused-ring (bicyclic) bond motifs is 1. The molecule has 0 amide bonds. The van der Waals surface area contributed by atoms with Crippen LogP contribution in [0.5, 0.6) is 5.75 Å². The predicted molar refractivity (Wildman–Crippen MR) is 88.3 cm³/mol. The molecule has 0 saturated carbocycles. The first-order chi connectivity index (χ1) is 12.5. The van der Waals surface area contributed by atoms with Gasteiger partial charge in [0.1, 0.15) is 5.75 Å². The summed E-state index contributed by atoms with van der Waals surface area (Å²) in [6.07, 6.45) is 2.33. The average Bonchev–Trinajstić information content (AvgIpc) is 3.11. The lowest BCUT2D eigenvalue weighted by Gasteiger charge is -2.20. The zero-order chi connectivity index (χ0) is 20.0. The molecule has 1 aliphatic heterocycles. The van der Waals surface area contributed by atoms with Crippen LogP contribution < -0.4 is 4.74 Å². The Bertz CT molecular complexity index is 809. The molecule has 0 spiro atoms. The van der Waals surface area contributed by atoms with E-state index in [9.17, 15) is 0 Å². The molecule has 1 aliphatic rings. The van der Waals surface area contributed by atoms with Crippen molar-refractivity contribution >= 4 is 10.9 Å². The van der Waals surface area contributed by atoms with Gasteiger partial charge in [-0.25, -0.2) is 0 Å². The van der Waals surface area contributed by atoms with Crippen LogP contribution in [0.4, 0.5) is 0 Å². The van der Waals surface area contributed by atoms with Gasteiger partial charge in [0, 0.05) is 26.8 Å². The van der Waals surface area contributed by atoms with Gasteiger partial charge in [-0.05, 0) is 62.5 Å². The molecule has 21 heavy (non-hydrogen) atoms. The van der Waals surface area contributed by atoms with Crippen molar-refractivity contribution in [3.63, 3.8) is 0 Å². The number of nitrogens with one attached hydrogen (secondary N) is 1. The van der Waals surface area contributed by atoms with E-state index in [1.165, 1.54) is 0 Å². The molecule has 0 radical (unpaired) electrons.